The van der Waals surface area contributed by atoms with Crippen molar-refractivity contribution in [3.05, 3.63) is 65.8 Å². The van der Waals surface area contributed by atoms with E-state index in [1.165, 1.54) is 5.56 Å². The smallest absolute Gasteiger partial charge is 0.226 e. The van der Waals surface area contributed by atoms with Gasteiger partial charge in [0.1, 0.15) is 5.82 Å². The highest BCUT2D eigenvalue weighted by molar-refractivity contribution is 5.90. The fourth-order valence-corrected chi connectivity index (χ4v) is 2.31. The molecule has 0 spiro atoms. The van der Waals surface area contributed by atoms with Crippen molar-refractivity contribution in [2.75, 3.05) is 5.32 Å². The molecule has 1 aromatic carbocycles. The van der Waals surface area contributed by atoms with Crippen LogP contribution >= 0.6 is 0 Å². The molecular formula is C19H19N3O2. The summed E-state index contributed by atoms with van der Waals surface area (Å²) in [5.74, 6) is 1.76. The number of amides is 1. The molecule has 0 fully saturated rings. The molecule has 0 atom stereocenters. The lowest BCUT2D eigenvalue weighted by Crippen LogP contribution is -2.14. The number of hydrogen-bond acceptors (Lipinski definition) is 4. The van der Waals surface area contributed by atoms with Gasteiger partial charge < -0.3 is 9.73 Å². The van der Waals surface area contributed by atoms with Crippen LogP contribution in [0.2, 0.25) is 0 Å². The van der Waals surface area contributed by atoms with Gasteiger partial charge in [-0.2, -0.15) is 0 Å². The van der Waals surface area contributed by atoms with E-state index in [4.69, 9.17) is 4.42 Å². The number of carbonyl (C=O) groups is 1. The molecule has 0 saturated heterocycles. The van der Waals surface area contributed by atoms with Crippen LogP contribution in [0.4, 0.5) is 5.82 Å². The van der Waals surface area contributed by atoms with Crippen LogP contribution in [-0.4, -0.2) is 15.9 Å². The SMILES string of the molecule is Cc1ccc(-c2cnc(CCC(=O)Nc3ncccc3C)o2)cc1. The van der Waals surface area contributed by atoms with E-state index in [1.807, 2.05) is 50.2 Å². The van der Waals surface area contributed by atoms with E-state index in [9.17, 15) is 4.79 Å². The van der Waals surface area contributed by atoms with Crippen LogP contribution in [0.3, 0.4) is 0 Å². The van der Waals surface area contributed by atoms with Gasteiger partial charge in [0, 0.05) is 24.6 Å². The molecule has 0 aliphatic heterocycles. The average molecular weight is 321 g/mol. The Morgan fingerprint density at radius 3 is 2.67 bits per heavy atom. The topological polar surface area (TPSA) is 68.0 Å². The van der Waals surface area contributed by atoms with Gasteiger partial charge in [-0.3, -0.25) is 4.79 Å². The fourth-order valence-electron chi connectivity index (χ4n) is 2.31. The van der Waals surface area contributed by atoms with E-state index < -0.39 is 0 Å². The Kier molecular flexibility index (Phi) is 4.70. The van der Waals surface area contributed by atoms with E-state index >= 15 is 0 Å². The first-order valence-corrected chi connectivity index (χ1v) is 7.85. The molecule has 2 aromatic heterocycles. The fraction of sp³-hybridized carbons (Fsp3) is 0.211. The molecule has 0 aliphatic rings. The maximum atomic E-state index is 12.0. The quantitative estimate of drug-likeness (QED) is 0.773. The molecule has 0 radical (unpaired) electrons. The van der Waals surface area contributed by atoms with E-state index in [0.29, 0.717) is 30.3 Å². The summed E-state index contributed by atoms with van der Waals surface area (Å²) in [7, 11) is 0. The number of carbonyl (C=O) groups excluding carboxylic acids is 1. The van der Waals surface area contributed by atoms with Crippen molar-refractivity contribution in [1.29, 1.82) is 0 Å². The van der Waals surface area contributed by atoms with Gasteiger partial charge in [-0.1, -0.05) is 35.9 Å². The maximum Gasteiger partial charge on any atom is 0.226 e. The second kappa shape index (κ2) is 7.08. The van der Waals surface area contributed by atoms with Crippen LogP contribution in [-0.2, 0) is 11.2 Å². The maximum absolute atomic E-state index is 12.0. The van der Waals surface area contributed by atoms with Gasteiger partial charge in [-0.15, -0.1) is 0 Å². The molecule has 5 heteroatoms. The molecule has 0 bridgehead atoms. The van der Waals surface area contributed by atoms with Gasteiger partial charge in [-0.25, -0.2) is 9.97 Å². The Morgan fingerprint density at radius 1 is 1.12 bits per heavy atom. The third-order valence-corrected chi connectivity index (χ3v) is 3.72. The lowest BCUT2D eigenvalue weighted by Gasteiger charge is -2.05. The molecule has 3 rings (SSSR count). The number of nitrogens with zero attached hydrogens (tertiary/aromatic N) is 2. The van der Waals surface area contributed by atoms with Gasteiger partial charge in [-0.05, 0) is 25.5 Å². The van der Waals surface area contributed by atoms with Crippen molar-refractivity contribution < 1.29 is 9.21 Å². The first kappa shape index (κ1) is 15.9. The number of benzene rings is 1. The summed E-state index contributed by atoms with van der Waals surface area (Å²) in [5, 5.41) is 2.81. The molecule has 1 N–H and O–H groups in total. The summed E-state index contributed by atoms with van der Waals surface area (Å²) >= 11 is 0. The predicted molar refractivity (Wildman–Crippen MR) is 92.6 cm³/mol. The summed E-state index contributed by atoms with van der Waals surface area (Å²) in [6, 6.07) is 11.8. The molecule has 0 unspecified atom stereocenters. The van der Waals surface area contributed by atoms with Crippen LogP contribution < -0.4 is 5.32 Å². The molecule has 5 nitrogen and oxygen atoms in total. The van der Waals surface area contributed by atoms with Gasteiger partial charge in [0.2, 0.25) is 5.91 Å². The third kappa shape index (κ3) is 3.87. The number of aromatic nitrogens is 2. The Labute approximate surface area is 140 Å². The third-order valence-electron chi connectivity index (χ3n) is 3.72. The van der Waals surface area contributed by atoms with Crippen molar-refractivity contribution in [1.82, 2.24) is 9.97 Å². The van der Waals surface area contributed by atoms with E-state index in [2.05, 4.69) is 15.3 Å². The van der Waals surface area contributed by atoms with Gasteiger partial charge >= 0.3 is 0 Å². The minimum Gasteiger partial charge on any atom is -0.441 e. The Bertz CT molecular complexity index is 838. The summed E-state index contributed by atoms with van der Waals surface area (Å²) < 4.78 is 5.73. The number of hydrogen-bond donors (Lipinski definition) is 1. The standard InChI is InChI=1S/C19H19N3O2/c1-13-5-7-15(8-6-13)16-12-21-18(24-16)10-9-17(23)22-19-14(2)4-3-11-20-19/h3-8,11-12H,9-10H2,1-2H3,(H,20,22,23). The van der Waals surface area contributed by atoms with Gasteiger partial charge in [0.25, 0.3) is 0 Å². The van der Waals surface area contributed by atoms with E-state index in [0.717, 1.165) is 11.1 Å². The van der Waals surface area contributed by atoms with Gasteiger partial charge in [0.15, 0.2) is 11.7 Å². The second-order valence-corrected chi connectivity index (χ2v) is 5.70. The number of anilines is 1. The normalized spacial score (nSPS) is 10.6. The monoisotopic (exact) mass is 321 g/mol. The Balaban J connectivity index is 1.58. The predicted octanol–water partition coefficient (Wildman–Crippen LogP) is 3.92. The van der Waals surface area contributed by atoms with Gasteiger partial charge in [0.05, 0.1) is 6.20 Å². The average Bonchev–Trinajstić information content (AvgIpc) is 3.05. The molecular weight excluding hydrogens is 302 g/mol. The minimum absolute atomic E-state index is 0.105. The molecule has 3 aromatic rings. The zero-order chi connectivity index (χ0) is 16.9. The highest BCUT2D eigenvalue weighted by atomic mass is 16.4. The van der Waals surface area contributed by atoms with E-state index in [-0.39, 0.29) is 5.91 Å². The van der Waals surface area contributed by atoms with E-state index in [1.54, 1.807) is 12.4 Å². The van der Waals surface area contributed by atoms with Crippen LogP contribution in [0.15, 0.2) is 53.2 Å². The molecule has 0 aliphatic carbocycles. The van der Waals surface area contributed by atoms with Crippen molar-refractivity contribution in [3.8, 4) is 11.3 Å². The first-order valence-electron chi connectivity index (χ1n) is 7.85. The van der Waals surface area contributed by atoms with Crippen LogP contribution in [0, 0.1) is 13.8 Å². The summed E-state index contributed by atoms with van der Waals surface area (Å²) in [6.45, 7) is 3.95. The number of nitrogens with one attached hydrogen (secondary N) is 1. The zero-order valence-corrected chi connectivity index (χ0v) is 13.7. The minimum atomic E-state index is -0.105. The first-order chi connectivity index (χ1) is 11.6. The molecule has 2 heterocycles. The highest BCUT2D eigenvalue weighted by Crippen LogP contribution is 2.21. The molecule has 1 amide bonds. The number of aryl methyl sites for hydroxylation is 3. The van der Waals surface area contributed by atoms with Crippen molar-refractivity contribution >= 4 is 11.7 Å². The van der Waals surface area contributed by atoms with Crippen LogP contribution in [0.25, 0.3) is 11.3 Å². The summed E-state index contributed by atoms with van der Waals surface area (Å²) in [6.07, 6.45) is 4.10. The zero-order valence-electron chi connectivity index (χ0n) is 13.7. The molecule has 122 valence electrons. The summed E-state index contributed by atoms with van der Waals surface area (Å²) in [4.78, 5) is 20.4. The largest absolute Gasteiger partial charge is 0.441 e. The highest BCUT2D eigenvalue weighted by Gasteiger charge is 2.10. The lowest BCUT2D eigenvalue weighted by atomic mass is 10.1. The van der Waals surface area contributed by atoms with Crippen molar-refractivity contribution in [3.63, 3.8) is 0 Å². The number of rotatable bonds is 5. The lowest BCUT2D eigenvalue weighted by molar-refractivity contribution is -0.116. The molecule has 0 saturated carbocycles. The Hall–Kier alpha value is -2.95. The van der Waals surface area contributed by atoms with Crippen molar-refractivity contribution in [2.24, 2.45) is 0 Å². The van der Waals surface area contributed by atoms with Crippen LogP contribution in [0.1, 0.15) is 23.4 Å². The van der Waals surface area contributed by atoms with Crippen LogP contribution in [0.5, 0.6) is 0 Å². The second-order valence-electron chi connectivity index (χ2n) is 5.70. The molecule has 24 heavy (non-hydrogen) atoms. The summed E-state index contributed by atoms with van der Waals surface area (Å²) in [5.41, 5.74) is 3.11. The number of pyridine rings is 1. The van der Waals surface area contributed by atoms with Crippen molar-refractivity contribution in [2.45, 2.75) is 26.7 Å². The number of oxazole rings is 1. The Morgan fingerprint density at radius 2 is 1.92 bits per heavy atom.